The average Bonchev–Trinajstić information content (AvgIpc) is 2.79. The summed E-state index contributed by atoms with van der Waals surface area (Å²) >= 11 is 0. The van der Waals surface area contributed by atoms with Crippen LogP contribution in [0.15, 0.2) is 24.3 Å². The van der Waals surface area contributed by atoms with Gasteiger partial charge in [0, 0.05) is 26.3 Å². The SMILES string of the molecule is NO.O=CC1(S(=O)(=O)N2CCC(OCc3ccc(OC(F)(F)F)cc3)CC2)CCOCC1. The summed E-state index contributed by atoms with van der Waals surface area (Å²) < 4.78 is 77.4. The van der Waals surface area contributed by atoms with Crippen LogP contribution in [0.3, 0.4) is 0 Å². The number of nitrogens with zero attached hydrogens (tertiary/aromatic N) is 1. The van der Waals surface area contributed by atoms with Crippen molar-refractivity contribution in [3.05, 3.63) is 29.8 Å². The van der Waals surface area contributed by atoms with Crippen molar-refractivity contribution in [2.45, 2.75) is 49.5 Å². The zero-order valence-corrected chi connectivity index (χ0v) is 18.1. The van der Waals surface area contributed by atoms with Crippen molar-refractivity contribution in [2.75, 3.05) is 26.3 Å². The maximum atomic E-state index is 13.0. The van der Waals surface area contributed by atoms with E-state index in [1.165, 1.54) is 28.6 Å². The van der Waals surface area contributed by atoms with E-state index in [0.717, 1.165) is 0 Å². The van der Waals surface area contributed by atoms with Gasteiger partial charge in [0.05, 0.1) is 12.7 Å². The number of benzene rings is 1. The third-order valence-electron chi connectivity index (χ3n) is 5.45. The largest absolute Gasteiger partial charge is 0.573 e. The standard InChI is InChI=1S/C19H24F3NO6S.H3NO/c20-19(21,22)29-17-3-1-15(2-4-17)13-28-16-5-9-23(10-6-16)30(25,26)18(14-24)7-11-27-12-8-18;1-2/h1-4,14,16H,5-13H2;2H,1H2. The van der Waals surface area contributed by atoms with E-state index in [1.54, 1.807) is 0 Å². The van der Waals surface area contributed by atoms with Crippen LogP contribution < -0.4 is 10.6 Å². The highest BCUT2D eigenvalue weighted by Crippen LogP contribution is 2.32. The van der Waals surface area contributed by atoms with E-state index in [4.69, 9.17) is 14.7 Å². The van der Waals surface area contributed by atoms with Crippen LogP contribution in [-0.2, 0) is 30.9 Å². The molecule has 0 aromatic heterocycles. The molecule has 0 aliphatic carbocycles. The van der Waals surface area contributed by atoms with Crippen LogP contribution in [0.5, 0.6) is 5.75 Å². The summed E-state index contributed by atoms with van der Waals surface area (Å²) in [6.07, 6.45) is -3.12. The van der Waals surface area contributed by atoms with Crippen molar-refractivity contribution in [3.63, 3.8) is 0 Å². The number of rotatable bonds is 7. The van der Waals surface area contributed by atoms with Gasteiger partial charge in [-0.2, -0.15) is 0 Å². The van der Waals surface area contributed by atoms with Crippen molar-refractivity contribution in [3.8, 4) is 5.75 Å². The number of carbonyl (C=O) groups is 1. The molecule has 3 N–H and O–H groups in total. The molecule has 9 nitrogen and oxygen atoms in total. The number of hydrogen-bond acceptors (Lipinski definition) is 8. The molecular formula is C19H27F3N2O7S. The minimum Gasteiger partial charge on any atom is -0.406 e. The van der Waals surface area contributed by atoms with Gasteiger partial charge in [-0.1, -0.05) is 12.1 Å². The second kappa shape index (κ2) is 11.4. The Labute approximate surface area is 184 Å². The van der Waals surface area contributed by atoms with Crippen LogP contribution in [-0.4, -0.2) is 67.7 Å². The lowest BCUT2D eigenvalue weighted by molar-refractivity contribution is -0.274. The zero-order valence-electron chi connectivity index (χ0n) is 17.3. The number of sulfonamides is 1. The molecule has 13 heteroatoms. The Bertz CT molecular complexity index is 820. The maximum absolute atomic E-state index is 13.0. The lowest BCUT2D eigenvalue weighted by Crippen LogP contribution is -2.54. The number of ether oxygens (including phenoxy) is 3. The van der Waals surface area contributed by atoms with Gasteiger partial charge in [-0.15, -0.1) is 13.2 Å². The topological polar surface area (TPSA) is 128 Å². The molecule has 0 spiro atoms. The van der Waals surface area contributed by atoms with Crippen molar-refractivity contribution in [1.29, 1.82) is 0 Å². The Kier molecular flexibility index (Phi) is 9.42. The summed E-state index contributed by atoms with van der Waals surface area (Å²) in [5.74, 6) is 3.20. The van der Waals surface area contributed by atoms with E-state index in [2.05, 4.69) is 10.6 Å². The Morgan fingerprint density at radius 2 is 1.72 bits per heavy atom. The Morgan fingerprint density at radius 1 is 1.16 bits per heavy atom. The highest BCUT2D eigenvalue weighted by atomic mass is 32.2. The van der Waals surface area contributed by atoms with Crippen LogP contribution in [0.1, 0.15) is 31.2 Å². The highest BCUT2D eigenvalue weighted by Gasteiger charge is 2.49. The average molecular weight is 484 g/mol. The molecule has 0 atom stereocenters. The van der Waals surface area contributed by atoms with E-state index < -0.39 is 21.1 Å². The van der Waals surface area contributed by atoms with E-state index >= 15 is 0 Å². The Morgan fingerprint density at radius 3 is 2.22 bits per heavy atom. The summed E-state index contributed by atoms with van der Waals surface area (Å²) in [5, 5.41) is 6.50. The van der Waals surface area contributed by atoms with Gasteiger partial charge in [0.1, 0.15) is 16.8 Å². The predicted octanol–water partition coefficient (Wildman–Crippen LogP) is 1.98. The molecule has 0 unspecified atom stereocenters. The number of aldehydes is 1. The Hall–Kier alpha value is -1.77. The normalized spacial score (nSPS) is 20.2. The summed E-state index contributed by atoms with van der Waals surface area (Å²) in [6, 6.07) is 5.40. The Balaban J connectivity index is 0.00000176. The number of halogens is 3. The molecule has 182 valence electrons. The quantitative estimate of drug-likeness (QED) is 0.444. The van der Waals surface area contributed by atoms with Crippen molar-refractivity contribution in [1.82, 2.24) is 4.31 Å². The number of piperidine rings is 1. The first-order chi connectivity index (χ1) is 15.2. The fourth-order valence-corrected chi connectivity index (χ4v) is 5.66. The lowest BCUT2D eigenvalue weighted by Gasteiger charge is -2.39. The number of alkyl halides is 3. The van der Waals surface area contributed by atoms with Crippen LogP contribution in [0, 0.1) is 0 Å². The van der Waals surface area contributed by atoms with Gasteiger partial charge in [0.2, 0.25) is 10.0 Å². The fourth-order valence-electron chi connectivity index (χ4n) is 3.65. The van der Waals surface area contributed by atoms with E-state index in [-0.39, 0.29) is 57.6 Å². The van der Waals surface area contributed by atoms with Gasteiger partial charge < -0.3 is 24.2 Å². The van der Waals surface area contributed by atoms with Gasteiger partial charge in [-0.25, -0.2) is 18.6 Å². The lowest BCUT2D eigenvalue weighted by atomic mass is 10.0. The van der Waals surface area contributed by atoms with E-state index in [0.29, 0.717) is 24.7 Å². The van der Waals surface area contributed by atoms with E-state index in [1.807, 2.05) is 0 Å². The summed E-state index contributed by atoms with van der Waals surface area (Å²) in [5.41, 5.74) is 0.682. The van der Waals surface area contributed by atoms with Crippen LogP contribution in [0.4, 0.5) is 13.2 Å². The molecule has 1 aromatic carbocycles. The molecule has 0 bridgehead atoms. The minimum absolute atomic E-state index is 0.156. The molecule has 2 saturated heterocycles. The molecule has 3 rings (SSSR count). The number of carbonyl (C=O) groups excluding carboxylic acids is 1. The highest BCUT2D eigenvalue weighted by molar-refractivity contribution is 7.91. The summed E-state index contributed by atoms with van der Waals surface area (Å²) in [7, 11) is -3.78. The second-order valence-electron chi connectivity index (χ2n) is 7.40. The van der Waals surface area contributed by atoms with Crippen molar-refractivity contribution >= 4 is 16.3 Å². The molecule has 1 aromatic rings. The monoisotopic (exact) mass is 484 g/mol. The maximum Gasteiger partial charge on any atom is 0.573 e. The molecule has 0 amide bonds. The first-order valence-corrected chi connectivity index (χ1v) is 11.4. The summed E-state index contributed by atoms with van der Waals surface area (Å²) in [4.78, 5) is 11.6. The molecule has 0 saturated carbocycles. The first-order valence-electron chi connectivity index (χ1n) is 9.91. The fraction of sp³-hybridized carbons (Fsp3) is 0.632. The smallest absolute Gasteiger partial charge is 0.406 e. The van der Waals surface area contributed by atoms with Gasteiger partial charge >= 0.3 is 6.36 Å². The predicted molar refractivity (Wildman–Crippen MR) is 106 cm³/mol. The van der Waals surface area contributed by atoms with Gasteiger partial charge in [-0.3, -0.25) is 0 Å². The number of nitrogens with two attached hydrogens (primary N) is 1. The first kappa shape index (κ1) is 26.5. The third kappa shape index (κ3) is 6.62. The molecule has 2 heterocycles. The van der Waals surface area contributed by atoms with Crippen molar-refractivity contribution < 1.29 is 45.8 Å². The second-order valence-corrected chi connectivity index (χ2v) is 9.68. The zero-order chi connectivity index (χ0) is 23.8. The molecular weight excluding hydrogens is 457 g/mol. The van der Waals surface area contributed by atoms with Crippen LogP contribution in [0.25, 0.3) is 0 Å². The van der Waals surface area contributed by atoms with Gasteiger partial charge in [-0.05, 0) is 43.4 Å². The third-order valence-corrected chi connectivity index (χ3v) is 8.03. The van der Waals surface area contributed by atoms with E-state index in [9.17, 15) is 26.4 Å². The molecule has 2 aliphatic heterocycles. The molecule has 0 radical (unpaired) electrons. The van der Waals surface area contributed by atoms with Gasteiger partial charge in [0.15, 0.2) is 0 Å². The van der Waals surface area contributed by atoms with Crippen LogP contribution >= 0.6 is 0 Å². The molecule has 32 heavy (non-hydrogen) atoms. The van der Waals surface area contributed by atoms with Crippen molar-refractivity contribution in [2.24, 2.45) is 5.90 Å². The summed E-state index contributed by atoms with van der Waals surface area (Å²) in [6.45, 7) is 1.18. The minimum atomic E-state index is -4.74. The number of hydrogen-bond donors (Lipinski definition) is 2. The van der Waals surface area contributed by atoms with Crippen LogP contribution in [0.2, 0.25) is 0 Å². The molecule has 2 fully saturated rings. The van der Waals surface area contributed by atoms with Gasteiger partial charge in [0.25, 0.3) is 0 Å². The molecule has 2 aliphatic rings.